The first-order valence-electron chi connectivity index (χ1n) is 5.32. The quantitative estimate of drug-likeness (QED) is 0.565. The van der Waals surface area contributed by atoms with Gasteiger partial charge in [0.25, 0.3) is 0 Å². The summed E-state index contributed by atoms with van der Waals surface area (Å²) in [7, 11) is 0. The number of ether oxygens (including phenoxy) is 1. The lowest BCUT2D eigenvalue weighted by molar-refractivity contribution is -0.160. The molecule has 1 aromatic heterocycles. The van der Waals surface area contributed by atoms with Crippen LogP contribution in [0.5, 0.6) is 0 Å². The van der Waals surface area contributed by atoms with Gasteiger partial charge < -0.3 is 9.15 Å². The van der Waals surface area contributed by atoms with E-state index in [1.165, 1.54) is 6.92 Å². The predicted octanol–water partition coefficient (Wildman–Crippen LogP) is 1.75. The fraction of sp³-hybridized carbons (Fsp3) is 0.500. The maximum Gasteiger partial charge on any atom is 0.327 e. The van der Waals surface area contributed by atoms with Gasteiger partial charge in [0.15, 0.2) is 11.2 Å². The van der Waals surface area contributed by atoms with E-state index in [1.807, 2.05) is 0 Å². The second-order valence-electron chi connectivity index (χ2n) is 4.11. The van der Waals surface area contributed by atoms with Crippen LogP contribution in [0.3, 0.4) is 0 Å². The largest absolute Gasteiger partial charge is 0.465 e. The van der Waals surface area contributed by atoms with Crippen molar-refractivity contribution in [2.45, 2.75) is 32.1 Å². The Balaban J connectivity index is 2.50. The molecular formula is C12H14O4. The normalized spacial score (nSPS) is 25.2. The zero-order valence-corrected chi connectivity index (χ0v) is 9.41. The Bertz CT molecular complexity index is 432. The van der Waals surface area contributed by atoms with Crippen LogP contribution in [0.25, 0.3) is 0 Å². The van der Waals surface area contributed by atoms with Crippen molar-refractivity contribution in [3.05, 3.63) is 23.7 Å². The molecule has 0 radical (unpaired) electrons. The molecule has 86 valence electrons. The molecule has 2 rings (SSSR count). The van der Waals surface area contributed by atoms with Crippen LogP contribution in [0.2, 0.25) is 0 Å². The number of carbonyl (C=O) groups is 2. The molecule has 1 unspecified atom stereocenters. The summed E-state index contributed by atoms with van der Waals surface area (Å²) in [6.45, 7) is 3.57. The van der Waals surface area contributed by atoms with Crippen LogP contribution in [0.4, 0.5) is 0 Å². The second kappa shape index (κ2) is 3.77. The van der Waals surface area contributed by atoms with Crippen LogP contribution in [0.1, 0.15) is 31.3 Å². The number of hydrogen-bond acceptors (Lipinski definition) is 4. The fourth-order valence-electron chi connectivity index (χ4n) is 2.11. The molecule has 1 aliphatic rings. The Hall–Kier alpha value is -1.58. The van der Waals surface area contributed by atoms with E-state index in [-0.39, 0.29) is 5.78 Å². The molecule has 0 aromatic carbocycles. The van der Waals surface area contributed by atoms with Crippen LogP contribution < -0.4 is 0 Å². The maximum absolute atomic E-state index is 11.9. The average Bonchev–Trinajstić information content (AvgIpc) is 2.65. The maximum atomic E-state index is 11.9. The van der Waals surface area contributed by atoms with Crippen molar-refractivity contribution in [1.29, 1.82) is 0 Å². The molecule has 4 nitrogen and oxygen atoms in total. The molecule has 0 spiro atoms. The highest BCUT2D eigenvalue weighted by Gasteiger charge is 2.50. The second-order valence-corrected chi connectivity index (χ2v) is 4.11. The minimum absolute atomic E-state index is 0.216. The number of carbonyl (C=O) groups excluding carboxylic acids is 2. The molecule has 2 heterocycles. The van der Waals surface area contributed by atoms with E-state index >= 15 is 0 Å². The molecule has 0 aliphatic carbocycles. The van der Waals surface area contributed by atoms with Crippen LogP contribution in [0.15, 0.2) is 16.5 Å². The van der Waals surface area contributed by atoms with Crippen molar-refractivity contribution in [1.82, 2.24) is 0 Å². The Morgan fingerprint density at radius 1 is 1.44 bits per heavy atom. The molecule has 1 saturated heterocycles. The lowest BCUT2D eigenvalue weighted by Gasteiger charge is -2.30. The molecule has 1 fully saturated rings. The van der Waals surface area contributed by atoms with E-state index in [2.05, 4.69) is 0 Å². The summed E-state index contributed by atoms with van der Waals surface area (Å²) < 4.78 is 10.4. The SMILES string of the molecule is CC(=O)C1(c2ccc(C)o2)CCCOC1=O. The van der Waals surface area contributed by atoms with Crippen molar-refractivity contribution in [2.24, 2.45) is 0 Å². The number of ketones is 1. The molecule has 16 heavy (non-hydrogen) atoms. The molecule has 0 amide bonds. The molecule has 0 saturated carbocycles. The minimum Gasteiger partial charge on any atom is -0.465 e. The monoisotopic (exact) mass is 222 g/mol. The number of Topliss-reactive ketones (excluding diaryl/α,β-unsaturated/α-hetero) is 1. The summed E-state index contributed by atoms with van der Waals surface area (Å²) >= 11 is 0. The summed E-state index contributed by atoms with van der Waals surface area (Å²) in [6.07, 6.45) is 1.15. The van der Waals surface area contributed by atoms with Gasteiger partial charge in [-0.15, -0.1) is 0 Å². The minimum atomic E-state index is -1.22. The fourth-order valence-corrected chi connectivity index (χ4v) is 2.11. The third-order valence-electron chi connectivity index (χ3n) is 3.04. The smallest absolute Gasteiger partial charge is 0.327 e. The van der Waals surface area contributed by atoms with E-state index in [0.29, 0.717) is 31.0 Å². The van der Waals surface area contributed by atoms with Crippen molar-refractivity contribution in [3.63, 3.8) is 0 Å². The standard InChI is InChI=1S/C12H14O4/c1-8-4-5-10(16-8)12(9(2)13)6-3-7-15-11(12)14/h4-5H,3,6-7H2,1-2H3. The van der Waals surface area contributed by atoms with Gasteiger partial charge in [-0.2, -0.15) is 0 Å². The predicted molar refractivity (Wildman–Crippen MR) is 56.0 cm³/mol. The van der Waals surface area contributed by atoms with E-state index in [1.54, 1.807) is 19.1 Å². The van der Waals surface area contributed by atoms with Gasteiger partial charge in [0.2, 0.25) is 0 Å². The van der Waals surface area contributed by atoms with E-state index in [0.717, 1.165) is 0 Å². The van der Waals surface area contributed by atoms with Gasteiger partial charge in [-0.25, -0.2) is 0 Å². The van der Waals surface area contributed by atoms with Crippen molar-refractivity contribution >= 4 is 11.8 Å². The number of esters is 1. The van der Waals surface area contributed by atoms with Gasteiger partial charge >= 0.3 is 5.97 Å². The van der Waals surface area contributed by atoms with Crippen LogP contribution in [-0.4, -0.2) is 18.4 Å². The molecule has 1 aliphatic heterocycles. The van der Waals surface area contributed by atoms with E-state index < -0.39 is 11.4 Å². The molecular weight excluding hydrogens is 208 g/mol. The summed E-state index contributed by atoms with van der Waals surface area (Å²) in [5.74, 6) is 0.392. The highest BCUT2D eigenvalue weighted by molar-refractivity contribution is 6.08. The molecule has 1 aromatic rings. The third kappa shape index (κ3) is 1.45. The van der Waals surface area contributed by atoms with Crippen molar-refractivity contribution in [3.8, 4) is 0 Å². The number of hydrogen-bond donors (Lipinski definition) is 0. The van der Waals surface area contributed by atoms with Crippen molar-refractivity contribution < 1.29 is 18.7 Å². The zero-order chi connectivity index (χ0) is 11.8. The van der Waals surface area contributed by atoms with Gasteiger partial charge in [0.05, 0.1) is 6.61 Å². The average molecular weight is 222 g/mol. The number of furan rings is 1. The Morgan fingerprint density at radius 3 is 2.69 bits per heavy atom. The van der Waals surface area contributed by atoms with Crippen LogP contribution in [0, 0.1) is 6.92 Å². The molecule has 1 atom stereocenters. The number of cyclic esters (lactones) is 1. The van der Waals surface area contributed by atoms with E-state index in [9.17, 15) is 9.59 Å². The highest BCUT2D eigenvalue weighted by atomic mass is 16.5. The number of rotatable bonds is 2. The summed E-state index contributed by atoms with van der Waals surface area (Å²) in [4.78, 5) is 23.6. The molecule has 4 heteroatoms. The Labute approximate surface area is 93.6 Å². The van der Waals surface area contributed by atoms with Crippen molar-refractivity contribution in [2.75, 3.05) is 6.61 Å². The van der Waals surface area contributed by atoms with Gasteiger partial charge in [-0.3, -0.25) is 9.59 Å². The van der Waals surface area contributed by atoms with Gasteiger partial charge in [0, 0.05) is 0 Å². The van der Waals surface area contributed by atoms with Crippen LogP contribution in [-0.2, 0) is 19.7 Å². The zero-order valence-electron chi connectivity index (χ0n) is 9.41. The summed E-state index contributed by atoms with van der Waals surface area (Å²) in [6, 6.07) is 3.44. The van der Waals surface area contributed by atoms with Gasteiger partial charge in [-0.1, -0.05) is 0 Å². The summed E-state index contributed by atoms with van der Waals surface area (Å²) in [5, 5.41) is 0. The third-order valence-corrected chi connectivity index (χ3v) is 3.04. The summed E-state index contributed by atoms with van der Waals surface area (Å²) in [5.41, 5.74) is -1.22. The topological polar surface area (TPSA) is 56.5 Å². The van der Waals surface area contributed by atoms with Gasteiger partial charge in [0.1, 0.15) is 11.5 Å². The van der Waals surface area contributed by atoms with E-state index in [4.69, 9.17) is 9.15 Å². The Morgan fingerprint density at radius 2 is 2.19 bits per heavy atom. The van der Waals surface area contributed by atoms with Crippen LogP contribution >= 0.6 is 0 Å². The lowest BCUT2D eigenvalue weighted by Crippen LogP contribution is -2.46. The molecule has 0 N–H and O–H groups in total. The van der Waals surface area contributed by atoms with Gasteiger partial charge in [-0.05, 0) is 38.8 Å². The first kappa shape index (κ1) is 10.9. The highest BCUT2D eigenvalue weighted by Crippen LogP contribution is 2.36. The molecule has 0 bridgehead atoms. The Kier molecular flexibility index (Phi) is 2.58. The first-order valence-corrected chi connectivity index (χ1v) is 5.32. The first-order chi connectivity index (χ1) is 7.57. The number of aryl methyl sites for hydroxylation is 1. The lowest BCUT2D eigenvalue weighted by atomic mass is 9.76.